The minimum absolute atomic E-state index is 0.0365. The quantitative estimate of drug-likeness (QED) is 0.737. The van der Waals surface area contributed by atoms with Crippen molar-refractivity contribution in [3.8, 4) is 0 Å². The number of hydrogen-bond acceptors (Lipinski definition) is 1. The van der Waals surface area contributed by atoms with Crippen LogP contribution in [-0.2, 0) is 11.3 Å². The van der Waals surface area contributed by atoms with Crippen LogP contribution in [0.25, 0.3) is 10.9 Å². The average molecular weight is 365 g/mol. The van der Waals surface area contributed by atoms with Gasteiger partial charge in [0, 0.05) is 27.6 Å². The number of nitrogens with one attached hydrogen (secondary N) is 1. The van der Waals surface area contributed by atoms with Crippen molar-refractivity contribution in [2.45, 2.75) is 6.54 Å². The topological polar surface area (TPSA) is 34.0 Å². The van der Waals surface area contributed by atoms with Crippen LogP contribution in [0.1, 0.15) is 0 Å². The summed E-state index contributed by atoms with van der Waals surface area (Å²) in [7, 11) is 0. The zero-order valence-electron chi connectivity index (χ0n) is 11.3. The van der Waals surface area contributed by atoms with Crippen LogP contribution in [0.3, 0.4) is 0 Å². The zero-order valence-corrected chi connectivity index (χ0v) is 12.9. The van der Waals surface area contributed by atoms with Crippen molar-refractivity contribution < 1.29 is 13.6 Å². The molecule has 3 nitrogen and oxygen atoms in total. The number of fused-ring (bicyclic) bond motifs is 1. The van der Waals surface area contributed by atoms with E-state index in [0.29, 0.717) is 0 Å². The molecular formula is C16H11BrF2N2O. The molecule has 0 unspecified atom stereocenters. The Labute approximate surface area is 133 Å². The first-order valence-electron chi connectivity index (χ1n) is 6.52. The molecular weight excluding hydrogens is 354 g/mol. The van der Waals surface area contributed by atoms with Crippen molar-refractivity contribution in [1.82, 2.24) is 4.57 Å². The van der Waals surface area contributed by atoms with Crippen LogP contribution in [0.5, 0.6) is 0 Å². The van der Waals surface area contributed by atoms with Crippen LogP contribution in [0.4, 0.5) is 14.5 Å². The molecule has 0 aliphatic heterocycles. The molecule has 0 spiro atoms. The summed E-state index contributed by atoms with van der Waals surface area (Å²) < 4.78 is 29.1. The van der Waals surface area contributed by atoms with Gasteiger partial charge in [0.25, 0.3) is 0 Å². The summed E-state index contributed by atoms with van der Waals surface area (Å²) in [5.74, 6) is -1.86. The van der Waals surface area contributed by atoms with Gasteiger partial charge in [0.05, 0.1) is 5.69 Å². The van der Waals surface area contributed by atoms with E-state index in [9.17, 15) is 13.6 Å². The minimum atomic E-state index is -0.797. The van der Waals surface area contributed by atoms with Gasteiger partial charge in [-0.15, -0.1) is 0 Å². The number of aromatic nitrogens is 1. The number of carbonyl (C=O) groups is 1. The molecule has 1 heterocycles. The van der Waals surface area contributed by atoms with E-state index in [1.54, 1.807) is 10.8 Å². The third-order valence-corrected chi connectivity index (χ3v) is 3.75. The number of halogens is 3. The molecule has 0 radical (unpaired) electrons. The number of rotatable bonds is 3. The fourth-order valence-electron chi connectivity index (χ4n) is 2.24. The monoisotopic (exact) mass is 364 g/mol. The summed E-state index contributed by atoms with van der Waals surface area (Å²) >= 11 is 3.39. The average Bonchev–Trinajstić information content (AvgIpc) is 2.84. The molecule has 0 aliphatic carbocycles. The van der Waals surface area contributed by atoms with E-state index >= 15 is 0 Å². The first-order valence-corrected chi connectivity index (χ1v) is 7.31. The molecule has 3 aromatic rings. The van der Waals surface area contributed by atoms with E-state index in [-0.39, 0.29) is 18.1 Å². The van der Waals surface area contributed by atoms with Crippen molar-refractivity contribution in [1.29, 1.82) is 0 Å². The van der Waals surface area contributed by atoms with Gasteiger partial charge in [-0.3, -0.25) is 4.79 Å². The molecule has 1 amide bonds. The molecule has 0 bridgehead atoms. The number of benzene rings is 2. The first kappa shape index (κ1) is 14.7. The second-order valence-electron chi connectivity index (χ2n) is 4.82. The normalized spacial score (nSPS) is 10.9. The van der Waals surface area contributed by atoms with Crippen LogP contribution >= 0.6 is 15.9 Å². The third-order valence-electron chi connectivity index (χ3n) is 3.25. The molecule has 1 N–H and O–H groups in total. The molecule has 3 rings (SSSR count). The molecule has 1 aromatic heterocycles. The van der Waals surface area contributed by atoms with Crippen LogP contribution in [0.2, 0.25) is 0 Å². The van der Waals surface area contributed by atoms with E-state index in [1.807, 2.05) is 24.3 Å². The van der Waals surface area contributed by atoms with Crippen molar-refractivity contribution in [2.75, 3.05) is 5.32 Å². The highest BCUT2D eigenvalue weighted by atomic mass is 79.9. The molecule has 22 heavy (non-hydrogen) atoms. The number of hydrogen-bond donors (Lipinski definition) is 1. The van der Waals surface area contributed by atoms with Gasteiger partial charge in [-0.1, -0.05) is 15.9 Å². The highest BCUT2D eigenvalue weighted by molar-refractivity contribution is 9.10. The van der Waals surface area contributed by atoms with Gasteiger partial charge >= 0.3 is 0 Å². The van der Waals surface area contributed by atoms with Crippen LogP contribution in [0, 0.1) is 11.6 Å². The van der Waals surface area contributed by atoms with E-state index in [4.69, 9.17) is 0 Å². The Balaban J connectivity index is 1.78. The van der Waals surface area contributed by atoms with Gasteiger partial charge in [-0.2, -0.15) is 0 Å². The van der Waals surface area contributed by atoms with Gasteiger partial charge in [-0.25, -0.2) is 8.78 Å². The van der Waals surface area contributed by atoms with Gasteiger partial charge in [0.1, 0.15) is 18.2 Å². The molecule has 0 aliphatic rings. The molecule has 2 aromatic carbocycles. The standard InChI is InChI=1S/C16H11BrF2N2O/c17-11-1-4-15-10(7-11)5-6-21(15)9-16(22)20-14-3-2-12(18)8-13(14)19/h1-8H,9H2,(H,20,22). The predicted octanol–water partition coefficient (Wildman–Crippen LogP) is 4.32. The first-order chi connectivity index (χ1) is 10.5. The molecule has 6 heteroatoms. The largest absolute Gasteiger partial charge is 0.338 e. The van der Waals surface area contributed by atoms with E-state index < -0.39 is 11.6 Å². The van der Waals surface area contributed by atoms with Crippen molar-refractivity contribution in [2.24, 2.45) is 0 Å². The lowest BCUT2D eigenvalue weighted by molar-refractivity contribution is -0.116. The predicted molar refractivity (Wildman–Crippen MR) is 84.6 cm³/mol. The maximum absolute atomic E-state index is 13.5. The Bertz CT molecular complexity index is 860. The molecule has 0 atom stereocenters. The van der Waals surface area contributed by atoms with Gasteiger partial charge in [0.15, 0.2) is 0 Å². The van der Waals surface area contributed by atoms with Gasteiger partial charge in [-0.05, 0) is 36.4 Å². The lowest BCUT2D eigenvalue weighted by Gasteiger charge is -2.08. The third kappa shape index (κ3) is 3.01. The van der Waals surface area contributed by atoms with Crippen molar-refractivity contribution >= 4 is 38.4 Å². The summed E-state index contributed by atoms with van der Waals surface area (Å²) in [5, 5.41) is 3.44. The Morgan fingerprint density at radius 2 is 1.95 bits per heavy atom. The van der Waals surface area contributed by atoms with Crippen molar-refractivity contribution in [3.05, 3.63) is 64.8 Å². The number of anilines is 1. The summed E-state index contributed by atoms with van der Waals surface area (Å²) in [5.41, 5.74) is 0.864. The fourth-order valence-corrected chi connectivity index (χ4v) is 2.62. The SMILES string of the molecule is O=C(Cn1ccc2cc(Br)ccc21)Nc1ccc(F)cc1F. The molecule has 0 saturated carbocycles. The van der Waals surface area contributed by atoms with Crippen LogP contribution in [0.15, 0.2) is 53.1 Å². The van der Waals surface area contributed by atoms with Crippen LogP contribution < -0.4 is 5.32 Å². The Hall–Kier alpha value is -2.21. The molecule has 0 fully saturated rings. The van der Waals surface area contributed by atoms with E-state index in [1.165, 1.54) is 6.07 Å². The van der Waals surface area contributed by atoms with Crippen LogP contribution in [-0.4, -0.2) is 10.5 Å². The molecule has 0 saturated heterocycles. The second-order valence-corrected chi connectivity index (χ2v) is 5.73. The van der Waals surface area contributed by atoms with Gasteiger partial charge in [0.2, 0.25) is 5.91 Å². The summed E-state index contributed by atoms with van der Waals surface area (Å²) in [4.78, 5) is 12.0. The maximum Gasteiger partial charge on any atom is 0.244 e. The zero-order chi connectivity index (χ0) is 15.7. The Morgan fingerprint density at radius 1 is 1.14 bits per heavy atom. The maximum atomic E-state index is 13.5. The summed E-state index contributed by atoms with van der Waals surface area (Å²) in [6, 6.07) is 10.7. The van der Waals surface area contributed by atoms with Gasteiger partial charge < -0.3 is 9.88 Å². The van der Waals surface area contributed by atoms with E-state index in [2.05, 4.69) is 21.2 Å². The Kier molecular flexibility index (Phi) is 3.94. The number of amides is 1. The molecule has 112 valence electrons. The Morgan fingerprint density at radius 3 is 2.73 bits per heavy atom. The lowest BCUT2D eigenvalue weighted by Crippen LogP contribution is -2.19. The lowest BCUT2D eigenvalue weighted by atomic mass is 10.2. The highest BCUT2D eigenvalue weighted by Crippen LogP contribution is 2.21. The smallest absolute Gasteiger partial charge is 0.244 e. The second kappa shape index (κ2) is 5.88. The number of carbonyl (C=O) groups excluding carboxylic acids is 1. The highest BCUT2D eigenvalue weighted by Gasteiger charge is 2.10. The summed E-state index contributed by atoms with van der Waals surface area (Å²) in [6.07, 6.45) is 1.79. The fraction of sp³-hybridized carbons (Fsp3) is 0.0625. The van der Waals surface area contributed by atoms with E-state index in [0.717, 1.165) is 27.5 Å². The number of nitrogens with zero attached hydrogens (tertiary/aromatic N) is 1. The van der Waals surface area contributed by atoms with Crippen molar-refractivity contribution in [3.63, 3.8) is 0 Å². The summed E-state index contributed by atoms with van der Waals surface area (Å²) in [6.45, 7) is 0.0436. The minimum Gasteiger partial charge on any atom is -0.338 e.